The average Bonchev–Trinajstić information content (AvgIpc) is 2.19. The molecule has 0 aliphatic carbocycles. The van der Waals surface area contributed by atoms with E-state index in [0.717, 1.165) is 5.56 Å². The van der Waals surface area contributed by atoms with E-state index in [1.165, 1.54) is 0 Å². The maximum atomic E-state index is 9.95. The zero-order chi connectivity index (χ0) is 10.6. The van der Waals surface area contributed by atoms with Crippen molar-refractivity contribution in [2.75, 3.05) is 20.7 Å². The van der Waals surface area contributed by atoms with Crippen molar-refractivity contribution in [1.82, 2.24) is 4.90 Å². The third-order valence-electron chi connectivity index (χ3n) is 2.36. The van der Waals surface area contributed by atoms with Crippen molar-refractivity contribution in [2.45, 2.75) is 12.1 Å². The van der Waals surface area contributed by atoms with E-state index in [2.05, 4.69) is 0 Å². The van der Waals surface area contributed by atoms with E-state index in [1.807, 2.05) is 49.3 Å². The fourth-order valence-corrected chi connectivity index (χ4v) is 1.42. The summed E-state index contributed by atoms with van der Waals surface area (Å²) in [6.45, 7) is -0.0525. The SMILES string of the molecule is CN(C)C(CO)C(O)c1ccccc1. The van der Waals surface area contributed by atoms with Crippen LogP contribution in [0.2, 0.25) is 0 Å². The predicted octanol–water partition coefficient (Wildman–Crippen LogP) is 0.643. The van der Waals surface area contributed by atoms with E-state index >= 15 is 0 Å². The van der Waals surface area contributed by atoms with Crippen LogP contribution in [0.5, 0.6) is 0 Å². The summed E-state index contributed by atoms with van der Waals surface area (Å²) >= 11 is 0. The van der Waals surface area contributed by atoms with Crippen LogP contribution in [-0.4, -0.2) is 41.9 Å². The molecule has 2 atom stereocenters. The number of nitrogens with zero attached hydrogens (tertiary/aromatic N) is 1. The van der Waals surface area contributed by atoms with Gasteiger partial charge in [-0.1, -0.05) is 30.3 Å². The average molecular weight is 195 g/mol. The topological polar surface area (TPSA) is 43.7 Å². The Morgan fingerprint density at radius 2 is 1.79 bits per heavy atom. The molecule has 3 nitrogen and oxygen atoms in total. The molecule has 2 N–H and O–H groups in total. The minimum Gasteiger partial charge on any atom is -0.395 e. The molecule has 2 unspecified atom stereocenters. The third-order valence-corrected chi connectivity index (χ3v) is 2.36. The zero-order valence-corrected chi connectivity index (χ0v) is 8.59. The molecule has 0 spiro atoms. The summed E-state index contributed by atoms with van der Waals surface area (Å²) in [5, 5.41) is 19.1. The molecule has 0 radical (unpaired) electrons. The van der Waals surface area contributed by atoms with Gasteiger partial charge in [-0.25, -0.2) is 0 Å². The molecule has 0 aliphatic heterocycles. The second-order valence-electron chi connectivity index (χ2n) is 3.57. The monoisotopic (exact) mass is 195 g/mol. The summed E-state index contributed by atoms with van der Waals surface area (Å²) in [5.74, 6) is 0. The first kappa shape index (κ1) is 11.2. The summed E-state index contributed by atoms with van der Waals surface area (Å²) < 4.78 is 0. The third kappa shape index (κ3) is 2.54. The maximum Gasteiger partial charge on any atom is 0.0967 e. The van der Waals surface area contributed by atoms with Crippen LogP contribution in [0.4, 0.5) is 0 Å². The number of rotatable bonds is 4. The highest BCUT2D eigenvalue weighted by molar-refractivity contribution is 5.18. The standard InChI is InChI=1S/C11H17NO2/c1-12(2)10(8-13)11(14)9-6-4-3-5-7-9/h3-7,10-11,13-14H,8H2,1-2H3. The van der Waals surface area contributed by atoms with E-state index in [1.54, 1.807) is 0 Å². The predicted molar refractivity (Wildman–Crippen MR) is 56.0 cm³/mol. The minimum atomic E-state index is -0.642. The Morgan fingerprint density at radius 1 is 1.21 bits per heavy atom. The van der Waals surface area contributed by atoms with E-state index in [0.29, 0.717) is 0 Å². The number of aliphatic hydroxyl groups excluding tert-OH is 2. The first-order valence-corrected chi connectivity index (χ1v) is 4.67. The van der Waals surface area contributed by atoms with E-state index in [4.69, 9.17) is 5.11 Å². The quantitative estimate of drug-likeness (QED) is 0.741. The van der Waals surface area contributed by atoms with Crippen molar-refractivity contribution in [1.29, 1.82) is 0 Å². The molecule has 1 rings (SSSR count). The fourth-order valence-electron chi connectivity index (χ4n) is 1.42. The number of aliphatic hydroxyl groups is 2. The second-order valence-corrected chi connectivity index (χ2v) is 3.57. The van der Waals surface area contributed by atoms with E-state index in [9.17, 15) is 5.11 Å². The highest BCUT2D eigenvalue weighted by Crippen LogP contribution is 2.18. The van der Waals surface area contributed by atoms with E-state index in [-0.39, 0.29) is 12.6 Å². The molecule has 1 aromatic rings. The lowest BCUT2D eigenvalue weighted by Gasteiger charge is -2.27. The van der Waals surface area contributed by atoms with Gasteiger partial charge in [-0.2, -0.15) is 0 Å². The Balaban J connectivity index is 2.78. The highest BCUT2D eigenvalue weighted by atomic mass is 16.3. The van der Waals surface area contributed by atoms with Crippen LogP contribution in [0.15, 0.2) is 30.3 Å². The lowest BCUT2D eigenvalue weighted by molar-refractivity contribution is 0.0390. The molecule has 78 valence electrons. The van der Waals surface area contributed by atoms with Crippen molar-refractivity contribution in [2.24, 2.45) is 0 Å². The fraction of sp³-hybridized carbons (Fsp3) is 0.455. The van der Waals surface area contributed by atoms with Crippen LogP contribution in [0.3, 0.4) is 0 Å². The molecule has 0 aliphatic rings. The molecule has 0 fully saturated rings. The molecule has 0 amide bonds. The number of hydrogen-bond donors (Lipinski definition) is 2. The van der Waals surface area contributed by atoms with Crippen LogP contribution in [0.1, 0.15) is 11.7 Å². The van der Waals surface area contributed by atoms with Gasteiger partial charge in [0.25, 0.3) is 0 Å². The van der Waals surface area contributed by atoms with E-state index < -0.39 is 6.10 Å². The Labute approximate surface area is 84.6 Å². The Morgan fingerprint density at radius 3 is 2.21 bits per heavy atom. The molecule has 0 aromatic heterocycles. The van der Waals surface area contributed by atoms with Gasteiger partial charge >= 0.3 is 0 Å². The Kier molecular flexibility index (Phi) is 4.07. The number of likely N-dealkylation sites (N-methyl/N-ethyl adjacent to an activating group) is 1. The molecule has 14 heavy (non-hydrogen) atoms. The maximum absolute atomic E-state index is 9.95. The van der Waals surface area contributed by atoms with Gasteiger partial charge < -0.3 is 15.1 Å². The van der Waals surface area contributed by atoms with Gasteiger partial charge in [-0.15, -0.1) is 0 Å². The molecular weight excluding hydrogens is 178 g/mol. The van der Waals surface area contributed by atoms with Gasteiger partial charge in [0.15, 0.2) is 0 Å². The molecule has 0 saturated carbocycles. The molecule has 1 aromatic carbocycles. The van der Waals surface area contributed by atoms with Crippen molar-refractivity contribution < 1.29 is 10.2 Å². The van der Waals surface area contributed by atoms with Gasteiger partial charge in [0, 0.05) is 0 Å². The summed E-state index contributed by atoms with van der Waals surface area (Å²) in [5.41, 5.74) is 0.834. The Hall–Kier alpha value is -0.900. The largest absolute Gasteiger partial charge is 0.395 e. The smallest absolute Gasteiger partial charge is 0.0967 e. The lowest BCUT2D eigenvalue weighted by atomic mass is 10.0. The first-order valence-electron chi connectivity index (χ1n) is 4.67. The summed E-state index contributed by atoms with van der Waals surface area (Å²) in [7, 11) is 3.68. The number of benzene rings is 1. The Bertz CT molecular complexity index is 261. The summed E-state index contributed by atoms with van der Waals surface area (Å²) in [6.07, 6.45) is -0.642. The van der Waals surface area contributed by atoms with Crippen molar-refractivity contribution in [3.05, 3.63) is 35.9 Å². The van der Waals surface area contributed by atoms with Crippen LogP contribution in [0, 0.1) is 0 Å². The van der Waals surface area contributed by atoms with Gasteiger partial charge in [0.2, 0.25) is 0 Å². The zero-order valence-electron chi connectivity index (χ0n) is 8.59. The van der Waals surface area contributed by atoms with Gasteiger partial charge in [-0.3, -0.25) is 0 Å². The number of hydrogen-bond acceptors (Lipinski definition) is 3. The summed E-state index contributed by atoms with van der Waals surface area (Å²) in [6, 6.07) is 9.12. The molecule has 0 heterocycles. The molecule has 0 bridgehead atoms. The van der Waals surface area contributed by atoms with Crippen LogP contribution in [-0.2, 0) is 0 Å². The minimum absolute atomic E-state index is 0.0525. The van der Waals surface area contributed by atoms with Gasteiger partial charge in [-0.05, 0) is 19.7 Å². The normalized spacial score (nSPS) is 15.5. The molecule has 0 saturated heterocycles. The van der Waals surface area contributed by atoms with Crippen molar-refractivity contribution >= 4 is 0 Å². The lowest BCUT2D eigenvalue weighted by Crippen LogP contribution is -2.37. The van der Waals surface area contributed by atoms with Crippen molar-refractivity contribution in [3.63, 3.8) is 0 Å². The second kappa shape index (κ2) is 5.10. The first-order chi connectivity index (χ1) is 6.66. The van der Waals surface area contributed by atoms with Crippen LogP contribution in [0.25, 0.3) is 0 Å². The van der Waals surface area contributed by atoms with Gasteiger partial charge in [0.1, 0.15) is 0 Å². The molecular formula is C11H17NO2. The van der Waals surface area contributed by atoms with Gasteiger partial charge in [0.05, 0.1) is 18.8 Å². The van der Waals surface area contributed by atoms with Crippen LogP contribution >= 0.6 is 0 Å². The summed E-state index contributed by atoms with van der Waals surface area (Å²) in [4.78, 5) is 1.82. The molecule has 3 heteroatoms. The van der Waals surface area contributed by atoms with Crippen LogP contribution < -0.4 is 0 Å². The highest BCUT2D eigenvalue weighted by Gasteiger charge is 2.21. The van der Waals surface area contributed by atoms with Crippen molar-refractivity contribution in [3.8, 4) is 0 Å².